The summed E-state index contributed by atoms with van der Waals surface area (Å²) in [5.74, 6) is -1.52. The van der Waals surface area contributed by atoms with Crippen molar-refractivity contribution in [3.8, 4) is 11.3 Å². The quantitative estimate of drug-likeness (QED) is 0.0666. The van der Waals surface area contributed by atoms with Gasteiger partial charge in [0.05, 0.1) is 34.8 Å². The average molecular weight is 863 g/mol. The Morgan fingerprint density at radius 1 is 1.12 bits per heavy atom. The van der Waals surface area contributed by atoms with E-state index < -0.39 is 11.9 Å². The number of carbonyl (C=O) groups excluding carboxylic acids is 1. The predicted octanol–water partition coefficient (Wildman–Crippen LogP) is 8.91. The molecule has 2 heterocycles. The molecule has 2 N–H and O–H groups in total. The third kappa shape index (κ3) is 11.4. The van der Waals surface area contributed by atoms with Crippen LogP contribution in [0.15, 0.2) is 62.3 Å². The monoisotopic (exact) mass is 861 g/mol. The Labute approximate surface area is 367 Å². The number of likely N-dealkylation sites (N-methyl/N-ethyl adjacent to an activating group) is 2. The van der Waals surface area contributed by atoms with Gasteiger partial charge in [-0.1, -0.05) is 60.8 Å². The van der Waals surface area contributed by atoms with Gasteiger partial charge < -0.3 is 34.1 Å². The van der Waals surface area contributed by atoms with Crippen molar-refractivity contribution in [3.05, 3.63) is 79.8 Å². The Morgan fingerprint density at radius 3 is 2.50 bits per heavy atom. The van der Waals surface area contributed by atoms with Crippen molar-refractivity contribution < 1.29 is 19.4 Å². The molecule has 2 aliphatic rings. The van der Waals surface area contributed by atoms with Gasteiger partial charge in [-0.3, -0.25) is 19.6 Å². The number of aryl methyl sites for hydroxylation is 2. The van der Waals surface area contributed by atoms with Gasteiger partial charge in [-0.25, -0.2) is 0 Å². The number of aromatic nitrogens is 2. The van der Waals surface area contributed by atoms with E-state index in [0.29, 0.717) is 56.2 Å². The summed E-state index contributed by atoms with van der Waals surface area (Å²) in [4.78, 5) is 37.9. The van der Waals surface area contributed by atoms with Crippen molar-refractivity contribution >= 4 is 70.6 Å². The van der Waals surface area contributed by atoms with Gasteiger partial charge in [0.25, 0.3) is 0 Å². The molecule has 0 fully saturated rings. The zero-order chi connectivity index (χ0) is 44.3. The van der Waals surface area contributed by atoms with E-state index in [0.717, 1.165) is 104 Å². The first-order valence-electron chi connectivity index (χ1n) is 21.0. The highest BCUT2D eigenvalue weighted by molar-refractivity contribution is 6.38. The summed E-state index contributed by atoms with van der Waals surface area (Å²) in [5.41, 5.74) is 11.0. The van der Waals surface area contributed by atoms with Crippen LogP contribution < -0.4 is 5.32 Å². The van der Waals surface area contributed by atoms with Crippen LogP contribution in [-0.2, 0) is 40.8 Å². The molecular formula is C47H65Cl2N7O4. The first kappa shape index (κ1) is 48.4. The van der Waals surface area contributed by atoms with E-state index in [-0.39, 0.29) is 6.10 Å². The third-order valence-electron chi connectivity index (χ3n) is 11.2. The fourth-order valence-electron chi connectivity index (χ4n) is 8.13. The van der Waals surface area contributed by atoms with Gasteiger partial charge in [0.1, 0.15) is 0 Å². The van der Waals surface area contributed by atoms with Crippen LogP contribution in [0.3, 0.4) is 0 Å². The Kier molecular flexibility index (Phi) is 18.2. The van der Waals surface area contributed by atoms with E-state index in [1.165, 1.54) is 0 Å². The SMILES string of the molecule is C=N/C(C)=C(\C(C)=NCCN(C)CCN(C)C)c1c(Cl)ccc2c(CCCOC3C=C(C)C(Cl)=C(C)C3)c(-c3cn(C)c4c3CC(C(=O)O)C=C4)n(CCNC=O)c12.CC. The molecule has 0 aliphatic heterocycles. The minimum atomic E-state index is -0.863. The summed E-state index contributed by atoms with van der Waals surface area (Å²) in [5, 5.41) is 15.3. The second-order valence-electron chi connectivity index (χ2n) is 15.7. The number of benzene rings is 1. The fraction of sp³-hybridized carbons (Fsp3) is 0.489. The Bertz CT molecular complexity index is 2190. The van der Waals surface area contributed by atoms with Crippen molar-refractivity contribution in [2.45, 2.75) is 79.9 Å². The van der Waals surface area contributed by atoms with Crippen LogP contribution in [0, 0.1) is 5.92 Å². The maximum Gasteiger partial charge on any atom is 0.310 e. The van der Waals surface area contributed by atoms with Crippen molar-refractivity contribution in [1.29, 1.82) is 0 Å². The number of aliphatic carboxylic acids is 1. The minimum absolute atomic E-state index is 0.0545. The van der Waals surface area contributed by atoms with Gasteiger partial charge in [-0.2, -0.15) is 0 Å². The first-order valence-corrected chi connectivity index (χ1v) is 21.7. The normalized spacial score (nSPS) is 17.1. The third-order valence-corrected chi connectivity index (χ3v) is 12.1. The van der Waals surface area contributed by atoms with Crippen LogP contribution in [0.4, 0.5) is 0 Å². The zero-order valence-electron chi connectivity index (χ0n) is 37.3. The van der Waals surface area contributed by atoms with Crippen molar-refractivity contribution in [1.82, 2.24) is 24.3 Å². The van der Waals surface area contributed by atoms with Gasteiger partial charge in [0.2, 0.25) is 6.41 Å². The summed E-state index contributed by atoms with van der Waals surface area (Å²) in [7, 11) is 8.23. The number of nitrogens with one attached hydrogen (secondary N) is 1. The molecule has 0 saturated carbocycles. The molecule has 5 rings (SSSR count). The summed E-state index contributed by atoms with van der Waals surface area (Å²) < 4.78 is 10.7. The zero-order valence-corrected chi connectivity index (χ0v) is 38.8. The molecule has 2 aromatic heterocycles. The molecule has 2 aliphatic carbocycles. The molecule has 2 unspecified atom stereocenters. The molecule has 0 bridgehead atoms. The van der Waals surface area contributed by atoms with E-state index in [1.54, 1.807) is 6.08 Å². The molecule has 0 radical (unpaired) electrons. The lowest BCUT2D eigenvalue weighted by atomic mass is 9.89. The lowest BCUT2D eigenvalue weighted by Crippen LogP contribution is -2.30. The maximum atomic E-state index is 12.3. The second kappa shape index (κ2) is 22.5. The summed E-state index contributed by atoms with van der Waals surface area (Å²) in [6.07, 6.45) is 11.0. The fourth-order valence-corrected chi connectivity index (χ4v) is 8.51. The number of carboxylic acids is 1. The molecular weight excluding hydrogens is 797 g/mol. The van der Waals surface area contributed by atoms with E-state index in [2.05, 4.69) is 75.4 Å². The molecule has 326 valence electrons. The number of allylic oxidation sites excluding steroid dienone is 4. The van der Waals surface area contributed by atoms with Crippen LogP contribution in [-0.4, -0.2) is 115 Å². The number of fused-ring (bicyclic) bond motifs is 2. The predicted molar refractivity (Wildman–Crippen MR) is 252 cm³/mol. The highest BCUT2D eigenvalue weighted by Crippen LogP contribution is 2.45. The number of carboxylic acid groups (broad SMARTS) is 1. The smallest absolute Gasteiger partial charge is 0.310 e. The largest absolute Gasteiger partial charge is 0.481 e. The number of rotatable bonds is 20. The number of halogens is 2. The number of amides is 1. The van der Waals surface area contributed by atoms with Crippen LogP contribution in [0.25, 0.3) is 33.8 Å². The molecule has 60 heavy (non-hydrogen) atoms. The molecule has 2 atom stereocenters. The van der Waals surface area contributed by atoms with Gasteiger partial charge >= 0.3 is 5.97 Å². The standard InChI is InChI=1S/C45H59Cl2N7O4.C2H6/c1-28-23-33(24-29(2)42(28)47)58-22-10-11-34-35-13-14-38(46)41(40(30(3)48-5)31(4)50-17-18-52(8)21-20-51(6)7)44(35)54(19-16-49-27-55)43(34)37-26-53(9)39-15-12-32(45(56)57)25-36(37)39;1-2/h12-15,23,26-27,32-33H,5,10-11,16-22,24-25H2,1-4,6-9H3,(H,49,55)(H,56,57);1-2H3/b40-30+,50-31?;. The lowest BCUT2D eigenvalue weighted by molar-refractivity contribution is -0.140. The number of hydrogen-bond donors (Lipinski definition) is 2. The highest BCUT2D eigenvalue weighted by atomic mass is 35.5. The number of nitrogens with zero attached hydrogens (tertiary/aromatic N) is 6. The topological polar surface area (TPSA) is 117 Å². The van der Waals surface area contributed by atoms with E-state index in [1.807, 2.05) is 60.7 Å². The molecule has 13 heteroatoms. The van der Waals surface area contributed by atoms with Gasteiger partial charge in [-0.15, -0.1) is 0 Å². The van der Waals surface area contributed by atoms with E-state index in [9.17, 15) is 14.7 Å². The number of ether oxygens (including phenoxy) is 1. The van der Waals surface area contributed by atoms with Crippen LogP contribution in [0.5, 0.6) is 0 Å². The second-order valence-corrected chi connectivity index (χ2v) is 16.5. The van der Waals surface area contributed by atoms with Crippen molar-refractivity contribution in [3.63, 3.8) is 0 Å². The van der Waals surface area contributed by atoms with Gasteiger partial charge in [0.15, 0.2) is 0 Å². The molecule has 1 amide bonds. The molecule has 1 aromatic carbocycles. The van der Waals surface area contributed by atoms with Crippen molar-refractivity contribution in [2.24, 2.45) is 23.0 Å². The average Bonchev–Trinajstić information content (AvgIpc) is 3.71. The number of hydrogen-bond acceptors (Lipinski definition) is 7. The van der Waals surface area contributed by atoms with E-state index in [4.69, 9.17) is 32.9 Å². The Hall–Kier alpha value is -4.26. The van der Waals surface area contributed by atoms with Gasteiger partial charge in [-0.05, 0) is 110 Å². The van der Waals surface area contributed by atoms with Crippen LogP contribution in [0.2, 0.25) is 5.02 Å². The van der Waals surface area contributed by atoms with E-state index >= 15 is 0 Å². The summed E-state index contributed by atoms with van der Waals surface area (Å²) >= 11 is 13.8. The molecule has 0 saturated heterocycles. The Balaban J connectivity index is 0.00000391. The maximum absolute atomic E-state index is 12.3. The number of aliphatic imine (C=N–C) groups is 2. The summed E-state index contributed by atoms with van der Waals surface area (Å²) in [6.45, 7) is 20.5. The Morgan fingerprint density at radius 2 is 1.85 bits per heavy atom. The minimum Gasteiger partial charge on any atom is -0.481 e. The summed E-state index contributed by atoms with van der Waals surface area (Å²) in [6, 6.07) is 4.01. The molecule has 0 spiro atoms. The highest BCUT2D eigenvalue weighted by Gasteiger charge is 2.31. The van der Waals surface area contributed by atoms with Crippen LogP contribution in [0.1, 0.15) is 76.8 Å². The molecule has 11 nitrogen and oxygen atoms in total. The molecule has 3 aromatic rings. The van der Waals surface area contributed by atoms with Gasteiger partial charge in [0, 0.05) is 96.8 Å². The van der Waals surface area contributed by atoms with Crippen LogP contribution >= 0.6 is 23.2 Å². The van der Waals surface area contributed by atoms with Crippen molar-refractivity contribution in [2.75, 3.05) is 60.5 Å². The lowest BCUT2D eigenvalue weighted by Gasteiger charge is -2.21. The number of carbonyl (C=O) groups is 2. The first-order chi connectivity index (χ1) is 28.7.